The van der Waals surface area contributed by atoms with Crippen LogP contribution in [0, 0.1) is 6.92 Å². The molecule has 0 atom stereocenters. The van der Waals surface area contributed by atoms with E-state index in [9.17, 15) is 14.6 Å². The first-order valence-corrected chi connectivity index (χ1v) is 18.5. The van der Waals surface area contributed by atoms with Crippen LogP contribution >= 0.6 is 22.7 Å². The maximum absolute atomic E-state index is 10.3. The number of phenols is 2. The van der Waals surface area contributed by atoms with Crippen LogP contribution in [-0.4, -0.2) is 33.4 Å². The predicted octanol–water partition coefficient (Wildman–Crippen LogP) is 12.1. The largest absolute Gasteiger partial charge is 0.508 e. The van der Waals surface area contributed by atoms with Crippen LogP contribution in [0.2, 0.25) is 0 Å². The molecule has 0 radical (unpaired) electrons. The van der Waals surface area contributed by atoms with Gasteiger partial charge in [-0.1, -0.05) is 50.6 Å². The highest BCUT2D eigenvalue weighted by atomic mass is 32.1. The summed E-state index contributed by atoms with van der Waals surface area (Å²) in [4.78, 5) is 9.25. The lowest BCUT2D eigenvalue weighted by Gasteiger charge is -2.07. The molecule has 9 heteroatoms. The molecule has 0 spiro atoms. The number of halogens is 1. The summed E-state index contributed by atoms with van der Waals surface area (Å²) in [5.74, 6) is 0.560. The molecule has 5 aromatic carbocycles. The van der Waals surface area contributed by atoms with E-state index in [1.54, 1.807) is 46.9 Å². The van der Waals surface area contributed by atoms with Gasteiger partial charge in [-0.15, -0.1) is 22.7 Å². The molecule has 0 unspecified atom stereocenters. The average molecular weight is 709 g/mol. The Hall–Kier alpha value is -4.99. The van der Waals surface area contributed by atoms with Gasteiger partial charge in [-0.05, 0) is 111 Å². The van der Waals surface area contributed by atoms with Crippen LogP contribution in [0.1, 0.15) is 45.2 Å². The second-order valence-corrected chi connectivity index (χ2v) is 13.1. The van der Waals surface area contributed by atoms with Crippen LogP contribution in [-0.2, 0) is 6.54 Å². The molecule has 0 amide bonds. The van der Waals surface area contributed by atoms with Gasteiger partial charge in [0.1, 0.15) is 21.5 Å². The van der Waals surface area contributed by atoms with Crippen molar-refractivity contribution in [1.29, 1.82) is 0 Å². The number of rotatable bonds is 8. The number of hydrogen-bond acceptors (Lipinski definition) is 8. The Kier molecular flexibility index (Phi) is 14.6. The van der Waals surface area contributed by atoms with Gasteiger partial charge in [-0.2, -0.15) is 0 Å². The van der Waals surface area contributed by atoms with Gasteiger partial charge in [0, 0.05) is 35.6 Å². The van der Waals surface area contributed by atoms with Crippen molar-refractivity contribution in [3.05, 3.63) is 120 Å². The van der Waals surface area contributed by atoms with Crippen LogP contribution in [0.25, 0.3) is 41.6 Å². The first-order valence-electron chi connectivity index (χ1n) is 16.8. The van der Waals surface area contributed by atoms with Crippen molar-refractivity contribution in [2.24, 2.45) is 0 Å². The number of alkyl halides is 1. The lowest BCUT2D eigenvalue weighted by atomic mass is 10.1. The molecule has 0 fully saturated rings. The van der Waals surface area contributed by atoms with Crippen LogP contribution in [0.5, 0.6) is 11.5 Å². The number of nitrogens with zero attached hydrogens (tertiary/aromatic N) is 2. The number of benzene rings is 5. The van der Waals surface area contributed by atoms with Crippen LogP contribution in [0.15, 0.2) is 109 Å². The topological polar surface area (TPSA) is 90.3 Å². The molecule has 2 aromatic heterocycles. The van der Waals surface area contributed by atoms with Gasteiger partial charge in [0.15, 0.2) is 0 Å². The van der Waals surface area contributed by atoms with Gasteiger partial charge >= 0.3 is 0 Å². The first kappa shape index (κ1) is 37.8. The van der Waals surface area contributed by atoms with Crippen LogP contribution < -0.4 is 10.6 Å². The Morgan fingerprint density at radius 3 is 1.50 bits per heavy atom. The van der Waals surface area contributed by atoms with Crippen molar-refractivity contribution in [3.63, 3.8) is 0 Å². The van der Waals surface area contributed by atoms with Crippen molar-refractivity contribution < 1.29 is 14.6 Å². The van der Waals surface area contributed by atoms with Crippen molar-refractivity contribution in [2.45, 2.75) is 47.6 Å². The van der Waals surface area contributed by atoms with Crippen molar-refractivity contribution in [2.75, 3.05) is 23.9 Å². The molecular formula is C41H45FN4O2S2. The van der Waals surface area contributed by atoms with E-state index in [-0.39, 0.29) is 18.2 Å². The lowest BCUT2D eigenvalue weighted by molar-refractivity contribution is 0.475. The molecule has 0 saturated carbocycles. The Bertz CT molecular complexity index is 2040. The molecule has 2 heterocycles. The summed E-state index contributed by atoms with van der Waals surface area (Å²) in [6, 6.07) is 35.7. The molecule has 4 N–H and O–H groups in total. The third-order valence-corrected chi connectivity index (χ3v) is 9.34. The molecule has 0 bridgehead atoms. The van der Waals surface area contributed by atoms with E-state index in [0.29, 0.717) is 0 Å². The highest BCUT2D eigenvalue weighted by Crippen LogP contribution is 2.34. The quantitative estimate of drug-likeness (QED) is 0.126. The molecule has 50 heavy (non-hydrogen) atoms. The maximum Gasteiger partial charge on any atom is 0.124 e. The fourth-order valence-corrected chi connectivity index (χ4v) is 6.72. The van der Waals surface area contributed by atoms with E-state index in [1.165, 1.54) is 18.1 Å². The van der Waals surface area contributed by atoms with Crippen LogP contribution in [0.4, 0.5) is 15.8 Å². The second kappa shape index (κ2) is 19.3. The highest BCUT2D eigenvalue weighted by molar-refractivity contribution is 7.22. The number of anilines is 2. The smallest absolute Gasteiger partial charge is 0.124 e. The zero-order valence-corrected chi connectivity index (χ0v) is 30.8. The Balaban J connectivity index is 0.000000203. The van der Waals surface area contributed by atoms with Crippen LogP contribution in [0.3, 0.4) is 0 Å². The molecule has 0 saturated heterocycles. The van der Waals surface area contributed by atoms with Crippen molar-refractivity contribution >= 4 is 54.5 Å². The summed E-state index contributed by atoms with van der Waals surface area (Å²) < 4.78 is 12.3. The fourth-order valence-electron chi connectivity index (χ4n) is 4.71. The number of aryl methyl sites for hydroxylation is 1. The minimum absolute atomic E-state index is 0.250. The summed E-state index contributed by atoms with van der Waals surface area (Å²) in [7, 11) is 0. The lowest BCUT2D eigenvalue weighted by Crippen LogP contribution is -1.98. The standard InChI is InChI=1S/C21H18N2OS.C16H16N2OS.C2H5F.C2H6/c1-14-2-4-15(5-3-14)13-22-17-8-6-16(7-9-17)21-23-19-11-10-18(24)12-20(19)25-21;1-2-9-17-12-5-3-11(4-6-12)16-18-14-8-7-13(19)10-15(14)20-16;1-2-3;1-2/h2-12,22,24H,13H2,1H3;3-8,10,17,19H,2,9H2,1H3;2H2,1H3;1-2H3. The molecule has 7 aromatic rings. The highest BCUT2D eigenvalue weighted by Gasteiger charge is 2.08. The molecule has 0 aliphatic rings. The van der Waals surface area contributed by atoms with Gasteiger partial charge in [0.05, 0.1) is 27.1 Å². The number of thiazole rings is 2. The normalized spacial score (nSPS) is 10.3. The number of aromatic hydroxyl groups is 2. The monoisotopic (exact) mass is 708 g/mol. The number of fused-ring (bicyclic) bond motifs is 2. The number of nitrogens with one attached hydrogen (secondary N) is 2. The van der Waals surface area contributed by atoms with E-state index < -0.39 is 0 Å². The molecule has 6 nitrogen and oxygen atoms in total. The number of aromatic nitrogens is 2. The molecule has 0 aliphatic heterocycles. The summed E-state index contributed by atoms with van der Waals surface area (Å²) in [5.41, 5.74) is 8.79. The second-order valence-electron chi connectivity index (χ2n) is 11.0. The molecule has 260 valence electrons. The van der Waals surface area contributed by atoms with Crippen molar-refractivity contribution in [1.82, 2.24) is 9.97 Å². The summed E-state index contributed by atoms with van der Waals surface area (Å²) >= 11 is 3.19. The Morgan fingerprint density at radius 1 is 0.620 bits per heavy atom. The van der Waals surface area contributed by atoms with Gasteiger partial charge in [-0.3, -0.25) is 4.39 Å². The Morgan fingerprint density at radius 2 is 1.06 bits per heavy atom. The van der Waals surface area contributed by atoms with Gasteiger partial charge < -0.3 is 20.8 Å². The van der Waals surface area contributed by atoms with E-state index in [4.69, 9.17) is 0 Å². The Labute approximate surface area is 302 Å². The zero-order chi connectivity index (χ0) is 35.9. The molecule has 7 rings (SSSR count). The van der Waals surface area contributed by atoms with E-state index >= 15 is 0 Å². The third-order valence-electron chi connectivity index (χ3n) is 7.20. The van der Waals surface area contributed by atoms with E-state index in [1.807, 2.05) is 26.0 Å². The fraction of sp³-hybridized carbons (Fsp3) is 0.220. The number of phenolic OH excluding ortho intramolecular Hbond substituents is 2. The summed E-state index contributed by atoms with van der Waals surface area (Å²) in [6.07, 6.45) is 1.11. The molecule has 0 aliphatic carbocycles. The minimum atomic E-state index is -0.250. The third kappa shape index (κ3) is 10.8. The van der Waals surface area contributed by atoms with Gasteiger partial charge in [0.25, 0.3) is 0 Å². The SMILES string of the molecule is CC.CCCNc1ccc(-c2nc3ccc(O)cc3s2)cc1.CCF.Cc1ccc(CNc2ccc(-c3nc4ccc(O)cc4s3)cc2)cc1. The van der Waals surface area contributed by atoms with E-state index in [2.05, 4.69) is 107 Å². The predicted molar refractivity (Wildman–Crippen MR) is 214 cm³/mol. The first-order chi connectivity index (χ1) is 24.3. The minimum Gasteiger partial charge on any atom is -0.508 e. The summed E-state index contributed by atoms with van der Waals surface area (Å²) in [5, 5.41) is 27.8. The van der Waals surface area contributed by atoms with Crippen molar-refractivity contribution in [3.8, 4) is 32.6 Å². The number of hydrogen-bond donors (Lipinski definition) is 4. The zero-order valence-electron chi connectivity index (χ0n) is 29.2. The van der Waals surface area contributed by atoms with Gasteiger partial charge in [-0.25, -0.2) is 9.97 Å². The molecular weight excluding hydrogens is 664 g/mol. The summed E-state index contributed by atoms with van der Waals surface area (Å²) in [6.45, 7) is 11.2. The maximum atomic E-state index is 10.3. The van der Waals surface area contributed by atoms with E-state index in [0.717, 1.165) is 72.5 Å². The van der Waals surface area contributed by atoms with Gasteiger partial charge in [0.2, 0.25) is 0 Å². The average Bonchev–Trinajstić information content (AvgIpc) is 3.76.